The Hall–Kier alpha value is -1.68. The van der Waals surface area contributed by atoms with Gasteiger partial charge >= 0.3 is 6.03 Å². The molecule has 1 aromatic rings. The van der Waals surface area contributed by atoms with Gasteiger partial charge in [0.2, 0.25) is 5.91 Å². The lowest BCUT2D eigenvalue weighted by Crippen LogP contribution is -2.42. The van der Waals surface area contributed by atoms with Crippen molar-refractivity contribution in [2.45, 2.75) is 56.7 Å². The number of anilines is 1. The van der Waals surface area contributed by atoms with E-state index in [1.807, 2.05) is 18.4 Å². The fourth-order valence-corrected chi connectivity index (χ4v) is 3.86. The summed E-state index contributed by atoms with van der Waals surface area (Å²) in [6.45, 7) is 2.84. The van der Waals surface area contributed by atoms with Crippen molar-refractivity contribution < 1.29 is 24.2 Å². The second kappa shape index (κ2) is 8.81. The van der Waals surface area contributed by atoms with Crippen molar-refractivity contribution in [3.63, 3.8) is 0 Å². The molecule has 2 fully saturated rings. The highest BCUT2D eigenvalue weighted by atomic mass is 32.1. The van der Waals surface area contributed by atoms with Crippen LogP contribution < -0.4 is 16.0 Å². The van der Waals surface area contributed by atoms with E-state index in [2.05, 4.69) is 16.0 Å². The Labute approximate surface area is 156 Å². The maximum Gasteiger partial charge on any atom is 0.319 e. The predicted molar refractivity (Wildman–Crippen MR) is 97.2 cm³/mol. The molecule has 0 radical (unpaired) electrons. The van der Waals surface area contributed by atoms with Gasteiger partial charge in [-0.15, -0.1) is 11.3 Å². The maximum absolute atomic E-state index is 11.9. The number of nitrogens with one attached hydrogen (secondary N) is 3. The molecule has 3 heterocycles. The summed E-state index contributed by atoms with van der Waals surface area (Å²) in [6.07, 6.45) is -0.563. The third-order valence-corrected chi connectivity index (χ3v) is 5.27. The summed E-state index contributed by atoms with van der Waals surface area (Å²) < 4.78 is 11.6. The summed E-state index contributed by atoms with van der Waals surface area (Å²) in [5, 5.41) is 21.3. The Morgan fingerprint density at radius 3 is 2.88 bits per heavy atom. The molecule has 3 amide bonds. The predicted octanol–water partition coefficient (Wildman–Crippen LogP) is 1.07. The van der Waals surface area contributed by atoms with Crippen LogP contribution in [0, 0.1) is 0 Å². The molecule has 0 aromatic carbocycles. The second-order valence-corrected chi connectivity index (χ2v) is 7.48. The number of aliphatic hydroxyl groups excluding tert-OH is 1. The van der Waals surface area contributed by atoms with Crippen LogP contribution in [0.15, 0.2) is 17.5 Å². The highest BCUT2D eigenvalue weighted by molar-refractivity contribution is 7.14. The first-order valence-electron chi connectivity index (χ1n) is 8.91. The van der Waals surface area contributed by atoms with E-state index in [-0.39, 0.29) is 37.1 Å². The van der Waals surface area contributed by atoms with Gasteiger partial charge in [0.25, 0.3) is 0 Å². The van der Waals surface area contributed by atoms with Crippen molar-refractivity contribution >= 4 is 28.3 Å². The standard InChI is InChI=1S/C17H25N3O5S/c1-2-5-18-13(21)8-10-7-11-16(24-10)15(22)12(25-11)9-19-17(23)20-14-4-3-6-26-14/h3-4,6,10-12,15-16,22H,2,5,7-9H2,1H3,(H,18,21)(H2,19,20,23)/t10-,11+,12+,15+,16-/m0/s1. The molecule has 2 saturated heterocycles. The zero-order chi connectivity index (χ0) is 18.5. The van der Waals surface area contributed by atoms with E-state index in [4.69, 9.17) is 9.47 Å². The highest BCUT2D eigenvalue weighted by Gasteiger charge is 2.50. The lowest BCUT2D eigenvalue weighted by atomic mass is 10.1. The van der Waals surface area contributed by atoms with Gasteiger partial charge in [-0.1, -0.05) is 6.92 Å². The average Bonchev–Trinajstić information content (AvgIpc) is 3.31. The van der Waals surface area contributed by atoms with Crippen molar-refractivity contribution in [2.75, 3.05) is 18.4 Å². The highest BCUT2D eigenvalue weighted by Crippen LogP contribution is 2.35. The Kier molecular flexibility index (Phi) is 6.47. The molecule has 144 valence electrons. The number of urea groups is 1. The second-order valence-electron chi connectivity index (χ2n) is 6.53. The molecule has 4 N–H and O–H groups in total. The molecule has 0 unspecified atom stereocenters. The van der Waals surface area contributed by atoms with Crippen LogP contribution in [0.4, 0.5) is 9.80 Å². The fraction of sp³-hybridized carbons (Fsp3) is 0.647. The normalized spacial score (nSPS) is 30.0. The Balaban J connectivity index is 1.40. The summed E-state index contributed by atoms with van der Waals surface area (Å²) >= 11 is 1.43. The van der Waals surface area contributed by atoms with E-state index < -0.39 is 18.3 Å². The van der Waals surface area contributed by atoms with Gasteiger partial charge in [0.05, 0.1) is 23.6 Å². The Morgan fingerprint density at radius 1 is 1.35 bits per heavy atom. The Bertz CT molecular complexity index is 612. The van der Waals surface area contributed by atoms with E-state index in [1.165, 1.54) is 11.3 Å². The quantitative estimate of drug-likeness (QED) is 0.563. The molecule has 26 heavy (non-hydrogen) atoms. The first-order chi connectivity index (χ1) is 12.6. The number of fused-ring (bicyclic) bond motifs is 1. The molecule has 0 saturated carbocycles. The summed E-state index contributed by atoms with van der Waals surface area (Å²) in [5.41, 5.74) is 0. The van der Waals surface area contributed by atoms with E-state index >= 15 is 0 Å². The first kappa shape index (κ1) is 19.1. The van der Waals surface area contributed by atoms with Gasteiger partial charge in [-0.3, -0.25) is 10.1 Å². The van der Waals surface area contributed by atoms with E-state index in [0.717, 1.165) is 11.4 Å². The number of ether oxygens (including phenoxy) is 2. The molecule has 0 bridgehead atoms. The molecule has 0 spiro atoms. The summed E-state index contributed by atoms with van der Waals surface area (Å²) in [6, 6.07) is 3.31. The summed E-state index contributed by atoms with van der Waals surface area (Å²) in [5.74, 6) is -0.0465. The molecule has 0 aliphatic carbocycles. The van der Waals surface area contributed by atoms with Crippen LogP contribution in [-0.2, 0) is 14.3 Å². The fourth-order valence-electron chi connectivity index (χ4n) is 3.25. The minimum atomic E-state index is -0.828. The van der Waals surface area contributed by atoms with Crippen molar-refractivity contribution in [1.82, 2.24) is 10.6 Å². The molecule has 2 aliphatic rings. The van der Waals surface area contributed by atoms with Crippen LogP contribution in [-0.4, -0.2) is 60.7 Å². The van der Waals surface area contributed by atoms with Crippen molar-refractivity contribution in [2.24, 2.45) is 0 Å². The number of amides is 3. The number of hydrogen-bond acceptors (Lipinski definition) is 6. The van der Waals surface area contributed by atoms with Gasteiger partial charge in [0, 0.05) is 19.5 Å². The largest absolute Gasteiger partial charge is 0.388 e. The van der Waals surface area contributed by atoms with E-state index in [1.54, 1.807) is 6.07 Å². The zero-order valence-corrected chi connectivity index (χ0v) is 15.5. The lowest BCUT2D eigenvalue weighted by molar-refractivity contribution is -0.124. The summed E-state index contributed by atoms with van der Waals surface area (Å²) in [4.78, 5) is 23.6. The zero-order valence-electron chi connectivity index (χ0n) is 14.6. The van der Waals surface area contributed by atoms with E-state index in [9.17, 15) is 14.7 Å². The van der Waals surface area contributed by atoms with Crippen LogP contribution in [0.2, 0.25) is 0 Å². The monoisotopic (exact) mass is 383 g/mol. The molecule has 2 aliphatic heterocycles. The van der Waals surface area contributed by atoms with Gasteiger partial charge in [0.15, 0.2) is 0 Å². The van der Waals surface area contributed by atoms with Crippen molar-refractivity contribution in [3.8, 4) is 0 Å². The summed E-state index contributed by atoms with van der Waals surface area (Å²) in [7, 11) is 0. The third-order valence-electron chi connectivity index (χ3n) is 4.49. The smallest absolute Gasteiger partial charge is 0.319 e. The number of hydrogen-bond donors (Lipinski definition) is 4. The van der Waals surface area contributed by atoms with Crippen LogP contribution in [0.25, 0.3) is 0 Å². The van der Waals surface area contributed by atoms with Crippen molar-refractivity contribution in [3.05, 3.63) is 17.5 Å². The van der Waals surface area contributed by atoms with E-state index in [0.29, 0.717) is 13.0 Å². The van der Waals surface area contributed by atoms with Gasteiger partial charge < -0.3 is 25.2 Å². The van der Waals surface area contributed by atoms with Crippen molar-refractivity contribution in [1.29, 1.82) is 0 Å². The van der Waals surface area contributed by atoms with Crippen LogP contribution in [0.5, 0.6) is 0 Å². The minimum Gasteiger partial charge on any atom is -0.388 e. The molecule has 9 heteroatoms. The van der Waals surface area contributed by atoms with Gasteiger partial charge in [-0.05, 0) is 23.9 Å². The van der Waals surface area contributed by atoms with Crippen LogP contribution in [0.3, 0.4) is 0 Å². The number of carbonyl (C=O) groups excluding carboxylic acids is 2. The van der Waals surface area contributed by atoms with Crippen LogP contribution in [0.1, 0.15) is 26.2 Å². The van der Waals surface area contributed by atoms with Crippen LogP contribution >= 0.6 is 11.3 Å². The molecule has 3 rings (SSSR count). The minimum absolute atomic E-state index is 0.0465. The van der Waals surface area contributed by atoms with Gasteiger partial charge in [0.1, 0.15) is 18.3 Å². The molecular formula is C17H25N3O5S. The number of carbonyl (C=O) groups is 2. The first-order valence-corrected chi connectivity index (χ1v) is 9.78. The molecule has 8 nitrogen and oxygen atoms in total. The van der Waals surface area contributed by atoms with Gasteiger partial charge in [-0.2, -0.15) is 0 Å². The Morgan fingerprint density at radius 2 is 2.19 bits per heavy atom. The number of thiophene rings is 1. The molecular weight excluding hydrogens is 358 g/mol. The average molecular weight is 383 g/mol. The number of aliphatic hydroxyl groups is 1. The lowest BCUT2D eigenvalue weighted by Gasteiger charge is -2.20. The SMILES string of the molecule is CCCNC(=O)C[C@@H]1C[C@H]2O[C@H](CNC(=O)Nc3cccs3)[C@@H](O)[C@H]2O1. The maximum atomic E-state index is 11.9. The number of rotatable bonds is 7. The third kappa shape index (κ3) is 4.73. The molecule has 5 atom stereocenters. The van der Waals surface area contributed by atoms with Gasteiger partial charge in [-0.25, -0.2) is 4.79 Å². The molecule has 1 aromatic heterocycles. The topological polar surface area (TPSA) is 109 Å².